The van der Waals surface area contributed by atoms with Gasteiger partial charge in [-0.25, -0.2) is 0 Å². The van der Waals surface area contributed by atoms with Crippen molar-refractivity contribution < 1.29 is 0 Å². The van der Waals surface area contributed by atoms with Crippen molar-refractivity contribution in [2.45, 2.75) is 13.3 Å². The molecule has 0 aliphatic heterocycles. The molecular formula is C15H14N2. The second-order valence-corrected chi connectivity index (χ2v) is 4.10. The molecule has 0 aliphatic carbocycles. The molecule has 2 N–H and O–H groups in total. The number of nitrogen functional groups attached to an aromatic ring is 1. The summed E-state index contributed by atoms with van der Waals surface area (Å²) < 4.78 is 0. The molecule has 0 bridgehead atoms. The first kappa shape index (κ1) is 11.2. The third-order valence-electron chi connectivity index (χ3n) is 2.86. The van der Waals surface area contributed by atoms with Crippen molar-refractivity contribution in [2.75, 3.05) is 5.73 Å². The molecule has 2 rings (SSSR count). The Kier molecular flexibility index (Phi) is 3.11. The highest BCUT2D eigenvalue weighted by atomic mass is 14.5. The van der Waals surface area contributed by atoms with Crippen molar-refractivity contribution in [3.63, 3.8) is 0 Å². The van der Waals surface area contributed by atoms with Crippen LogP contribution in [0, 0.1) is 18.3 Å². The molecule has 2 nitrogen and oxygen atoms in total. The van der Waals surface area contributed by atoms with Gasteiger partial charge < -0.3 is 5.73 Å². The van der Waals surface area contributed by atoms with Crippen molar-refractivity contribution in [3.05, 3.63) is 53.6 Å². The van der Waals surface area contributed by atoms with Gasteiger partial charge in [-0.05, 0) is 41.3 Å². The van der Waals surface area contributed by atoms with Gasteiger partial charge in [-0.3, -0.25) is 0 Å². The van der Waals surface area contributed by atoms with Gasteiger partial charge in [0.1, 0.15) is 0 Å². The van der Waals surface area contributed by atoms with Gasteiger partial charge in [0.15, 0.2) is 0 Å². The highest BCUT2D eigenvalue weighted by Gasteiger charge is 2.01. The smallest absolute Gasteiger partial charge is 0.0669 e. The summed E-state index contributed by atoms with van der Waals surface area (Å²) in [6.07, 6.45) is 0.466. The summed E-state index contributed by atoms with van der Waals surface area (Å²) in [5.74, 6) is 0. The van der Waals surface area contributed by atoms with Gasteiger partial charge in [0.2, 0.25) is 0 Å². The third-order valence-corrected chi connectivity index (χ3v) is 2.86. The van der Waals surface area contributed by atoms with Gasteiger partial charge in [-0.2, -0.15) is 5.26 Å². The summed E-state index contributed by atoms with van der Waals surface area (Å²) in [4.78, 5) is 0. The molecule has 0 aromatic heterocycles. The highest BCUT2D eigenvalue weighted by molar-refractivity contribution is 5.66. The zero-order valence-corrected chi connectivity index (χ0v) is 9.77. The molecule has 0 amide bonds. The average Bonchev–Trinajstić information content (AvgIpc) is 2.33. The molecule has 0 unspecified atom stereocenters. The Morgan fingerprint density at radius 3 is 2.29 bits per heavy atom. The molecule has 0 fully saturated rings. The Bertz CT molecular complexity index is 562. The van der Waals surface area contributed by atoms with Gasteiger partial charge in [-0.15, -0.1) is 0 Å². The lowest BCUT2D eigenvalue weighted by atomic mass is 9.98. The van der Waals surface area contributed by atoms with Crippen LogP contribution in [0.3, 0.4) is 0 Å². The lowest BCUT2D eigenvalue weighted by Crippen LogP contribution is -1.89. The van der Waals surface area contributed by atoms with Crippen molar-refractivity contribution in [2.24, 2.45) is 0 Å². The van der Waals surface area contributed by atoms with E-state index in [2.05, 4.69) is 12.1 Å². The molecule has 17 heavy (non-hydrogen) atoms. The minimum atomic E-state index is 0.466. The van der Waals surface area contributed by atoms with E-state index in [4.69, 9.17) is 11.0 Å². The summed E-state index contributed by atoms with van der Waals surface area (Å²) in [5.41, 5.74) is 11.0. The van der Waals surface area contributed by atoms with E-state index in [1.807, 2.05) is 43.3 Å². The molecule has 0 heterocycles. The molecule has 0 saturated carbocycles. The maximum absolute atomic E-state index is 8.70. The van der Waals surface area contributed by atoms with E-state index in [1.54, 1.807) is 0 Å². The summed E-state index contributed by atoms with van der Waals surface area (Å²) >= 11 is 0. The van der Waals surface area contributed by atoms with E-state index in [0.29, 0.717) is 6.42 Å². The fourth-order valence-electron chi connectivity index (χ4n) is 1.83. The van der Waals surface area contributed by atoms with Gasteiger partial charge in [-0.1, -0.05) is 30.3 Å². The fourth-order valence-corrected chi connectivity index (χ4v) is 1.83. The normalized spacial score (nSPS) is 9.88. The number of nitrogens with two attached hydrogens (primary N) is 1. The molecule has 2 aromatic rings. The molecule has 0 radical (unpaired) electrons. The predicted molar refractivity (Wildman–Crippen MR) is 70.3 cm³/mol. The lowest BCUT2D eigenvalue weighted by molar-refractivity contribution is 1.21. The van der Waals surface area contributed by atoms with Gasteiger partial charge >= 0.3 is 0 Å². The molecule has 0 saturated heterocycles. The predicted octanol–water partition coefficient (Wildman–Crippen LogP) is 3.31. The number of aryl methyl sites for hydroxylation is 1. The molecule has 0 atom stereocenters. The number of anilines is 1. The number of nitrogens with zero attached hydrogens (tertiary/aromatic N) is 1. The number of rotatable bonds is 2. The molecule has 2 heteroatoms. The lowest BCUT2D eigenvalue weighted by Gasteiger charge is -2.06. The van der Waals surface area contributed by atoms with E-state index in [0.717, 1.165) is 27.9 Å². The quantitative estimate of drug-likeness (QED) is 0.792. The topological polar surface area (TPSA) is 49.8 Å². The first-order valence-corrected chi connectivity index (χ1v) is 5.53. The first-order valence-electron chi connectivity index (χ1n) is 5.53. The Hall–Kier alpha value is -2.27. The zero-order valence-electron chi connectivity index (χ0n) is 9.77. The van der Waals surface area contributed by atoms with Crippen LogP contribution in [0.2, 0.25) is 0 Å². The van der Waals surface area contributed by atoms with Crippen LogP contribution in [0.25, 0.3) is 11.1 Å². The third kappa shape index (κ3) is 2.46. The van der Waals surface area contributed by atoms with Crippen LogP contribution in [-0.2, 0) is 6.42 Å². The summed E-state index contributed by atoms with van der Waals surface area (Å²) in [5, 5.41) is 8.70. The maximum Gasteiger partial charge on any atom is 0.0669 e. The molecule has 0 spiro atoms. The Balaban J connectivity index is 2.38. The van der Waals surface area contributed by atoms with Gasteiger partial charge in [0.25, 0.3) is 0 Å². The largest absolute Gasteiger partial charge is 0.399 e. The Morgan fingerprint density at radius 2 is 1.71 bits per heavy atom. The van der Waals surface area contributed by atoms with Crippen LogP contribution >= 0.6 is 0 Å². The van der Waals surface area contributed by atoms with Crippen LogP contribution in [0.15, 0.2) is 42.5 Å². The van der Waals surface area contributed by atoms with E-state index >= 15 is 0 Å². The Labute approximate surface area is 101 Å². The number of hydrogen-bond acceptors (Lipinski definition) is 2. The van der Waals surface area contributed by atoms with Crippen molar-refractivity contribution >= 4 is 5.69 Å². The highest BCUT2D eigenvalue weighted by Crippen LogP contribution is 2.23. The SMILES string of the molecule is Cc1cc(-c2ccc(N)cc2)ccc1CC#N. The molecule has 2 aromatic carbocycles. The van der Waals surface area contributed by atoms with Gasteiger partial charge in [0, 0.05) is 5.69 Å². The summed E-state index contributed by atoms with van der Waals surface area (Å²) in [6.45, 7) is 2.04. The standard InChI is InChI=1S/C15H14N2/c1-11-10-14(3-2-12(11)8-9-16)13-4-6-15(17)7-5-13/h2-7,10H,8,17H2,1H3. The van der Waals surface area contributed by atoms with Crippen molar-refractivity contribution in [3.8, 4) is 17.2 Å². The van der Waals surface area contributed by atoms with Crippen LogP contribution < -0.4 is 5.73 Å². The van der Waals surface area contributed by atoms with Crippen LogP contribution in [-0.4, -0.2) is 0 Å². The van der Waals surface area contributed by atoms with Crippen LogP contribution in [0.4, 0.5) is 5.69 Å². The van der Waals surface area contributed by atoms with Crippen molar-refractivity contribution in [1.29, 1.82) is 5.26 Å². The Morgan fingerprint density at radius 1 is 1.06 bits per heavy atom. The summed E-state index contributed by atoms with van der Waals surface area (Å²) in [7, 11) is 0. The summed E-state index contributed by atoms with van der Waals surface area (Å²) in [6, 6.07) is 16.2. The number of benzene rings is 2. The van der Waals surface area contributed by atoms with E-state index in [-0.39, 0.29) is 0 Å². The zero-order chi connectivity index (χ0) is 12.3. The minimum absolute atomic E-state index is 0.466. The monoisotopic (exact) mass is 222 g/mol. The fraction of sp³-hybridized carbons (Fsp3) is 0.133. The van der Waals surface area contributed by atoms with Crippen molar-refractivity contribution in [1.82, 2.24) is 0 Å². The second kappa shape index (κ2) is 4.71. The van der Waals surface area contributed by atoms with E-state index < -0.39 is 0 Å². The van der Waals surface area contributed by atoms with Crippen LogP contribution in [0.1, 0.15) is 11.1 Å². The van der Waals surface area contributed by atoms with E-state index in [9.17, 15) is 0 Å². The first-order chi connectivity index (χ1) is 8.20. The van der Waals surface area contributed by atoms with Crippen LogP contribution in [0.5, 0.6) is 0 Å². The maximum atomic E-state index is 8.70. The van der Waals surface area contributed by atoms with Gasteiger partial charge in [0.05, 0.1) is 12.5 Å². The molecule has 0 aliphatic rings. The average molecular weight is 222 g/mol. The number of nitriles is 1. The molecule has 84 valence electrons. The number of hydrogen-bond donors (Lipinski definition) is 1. The minimum Gasteiger partial charge on any atom is -0.399 e. The molecular weight excluding hydrogens is 208 g/mol. The second-order valence-electron chi connectivity index (χ2n) is 4.10. The van der Waals surface area contributed by atoms with E-state index in [1.165, 1.54) is 0 Å².